The summed E-state index contributed by atoms with van der Waals surface area (Å²) >= 11 is 5.89. The summed E-state index contributed by atoms with van der Waals surface area (Å²) in [5, 5.41) is 10.3. The van der Waals surface area contributed by atoms with Crippen molar-refractivity contribution in [3.05, 3.63) is 246 Å². The molecule has 0 unspecified atom stereocenters. The Balaban J connectivity index is 1.25. The highest BCUT2D eigenvalue weighted by Gasteiger charge is 2.52. The fourth-order valence-electron chi connectivity index (χ4n) is 9.07. The van der Waals surface area contributed by atoms with E-state index >= 15 is 0 Å². The Morgan fingerprint density at radius 3 is 1.52 bits per heavy atom. The highest BCUT2D eigenvalue weighted by Crippen LogP contribution is 2.33. The number of carbonyl (C=O) groups is 2. The third-order valence-corrected chi connectivity index (χ3v) is 13.1. The van der Waals surface area contributed by atoms with E-state index in [0.717, 1.165) is 33.4 Å². The molecule has 9 atom stereocenters. The molecular weight excluding hydrogens is 1050 g/mol. The van der Waals surface area contributed by atoms with Gasteiger partial charge in [-0.25, -0.2) is 0 Å². The van der Waals surface area contributed by atoms with Gasteiger partial charge in [-0.1, -0.05) is 205 Å². The molecule has 1 aliphatic rings. The zero-order chi connectivity index (χ0) is 56.3. The maximum Gasteiger partial charge on any atom is 0.358 e. The number of oxime groups is 1. The number of ether oxygens (including phenoxy) is 9. The van der Waals surface area contributed by atoms with Gasteiger partial charge in [-0.3, -0.25) is 9.59 Å². The van der Waals surface area contributed by atoms with E-state index in [4.69, 9.17) is 59.7 Å². The van der Waals surface area contributed by atoms with Crippen LogP contribution in [0.15, 0.2) is 217 Å². The predicted octanol–water partition coefficient (Wildman–Crippen LogP) is 10.2. The lowest BCUT2D eigenvalue weighted by Gasteiger charge is -2.48. The Morgan fingerprint density at radius 1 is 0.556 bits per heavy atom. The van der Waals surface area contributed by atoms with Gasteiger partial charge in [-0.05, 0) is 45.5 Å². The summed E-state index contributed by atoms with van der Waals surface area (Å²) in [6.07, 6.45) is -6.45. The van der Waals surface area contributed by atoms with Crippen LogP contribution in [0.1, 0.15) is 47.2 Å². The van der Waals surface area contributed by atoms with Crippen molar-refractivity contribution >= 4 is 35.5 Å². The number of nitrogens with one attached hydrogen (secondary N) is 2. The maximum atomic E-state index is 13.7. The topological polar surface area (TPSA) is 163 Å². The van der Waals surface area contributed by atoms with Crippen LogP contribution in [0.2, 0.25) is 0 Å². The molecular formula is C65H69N3O12S. The van der Waals surface area contributed by atoms with Crippen molar-refractivity contribution in [1.82, 2.24) is 10.6 Å². The number of hydrogen-bond acceptors (Lipinski definition) is 14. The van der Waals surface area contributed by atoms with E-state index in [9.17, 15) is 9.59 Å². The van der Waals surface area contributed by atoms with Gasteiger partial charge in [-0.2, -0.15) is 0 Å². The number of carbonyl (C=O) groups excluding carboxylic acids is 2. The number of rotatable bonds is 30. The Morgan fingerprint density at radius 2 is 1.01 bits per heavy atom. The molecule has 0 spiro atoms. The molecule has 0 saturated carbocycles. The van der Waals surface area contributed by atoms with E-state index in [2.05, 4.69) is 15.8 Å². The third-order valence-electron chi connectivity index (χ3n) is 12.9. The molecule has 1 heterocycles. The number of thiocarbonyl (C=S) groups is 1. The summed E-state index contributed by atoms with van der Waals surface area (Å²) in [7, 11) is 0. The zero-order valence-electron chi connectivity index (χ0n) is 45.4. The Bertz CT molecular complexity index is 2940. The minimum absolute atomic E-state index is 0.000152. The second-order valence-electron chi connectivity index (χ2n) is 19.2. The van der Waals surface area contributed by atoms with Crippen LogP contribution >= 0.6 is 12.2 Å². The molecule has 16 heteroatoms. The Hall–Kier alpha value is -7.64. The van der Waals surface area contributed by atoms with Crippen LogP contribution < -0.4 is 15.4 Å². The molecule has 2 amide bonds. The fraction of sp³-hybridized carbons (Fsp3) is 0.292. The minimum atomic E-state index is -1.39. The van der Waals surface area contributed by atoms with E-state index in [-0.39, 0.29) is 58.1 Å². The van der Waals surface area contributed by atoms with E-state index in [1.165, 1.54) is 20.1 Å². The molecule has 422 valence electrons. The number of nitrogens with zero attached hydrogens (tertiary/aromatic N) is 1. The van der Waals surface area contributed by atoms with Crippen LogP contribution in [0, 0.1) is 0 Å². The van der Waals surface area contributed by atoms with Crippen molar-refractivity contribution in [2.24, 2.45) is 5.16 Å². The van der Waals surface area contributed by atoms with E-state index < -0.39 is 66.8 Å². The smallest absolute Gasteiger partial charge is 0.358 e. The highest BCUT2D eigenvalue weighted by molar-refractivity contribution is 7.79. The molecule has 0 aromatic heterocycles. The van der Waals surface area contributed by atoms with Gasteiger partial charge >= 0.3 is 5.24 Å². The summed E-state index contributed by atoms with van der Waals surface area (Å²) in [5.41, 5.74) is 5.27. The normalized spacial score (nSPS) is 18.4. The monoisotopic (exact) mass is 1120 g/mol. The summed E-state index contributed by atoms with van der Waals surface area (Å²) in [6.45, 7) is 3.45. The SMILES string of the molecule is CC(=O)N[C@H]1[C@H](O[C@@H]([C@H](OCc2ccccc2)[C@H](/C=N/OCc2ccccc2)NC(C)=O)[C@@H](COCc2ccccc2)OC(=S)Oc2ccccc2)O[C@H](COCc2ccccc2)[C@@H](OCc2ccccc2)[C@@H]1OCc1ccccc1. The highest BCUT2D eigenvalue weighted by atomic mass is 32.1. The van der Waals surface area contributed by atoms with Crippen LogP contribution in [0.4, 0.5) is 0 Å². The van der Waals surface area contributed by atoms with Crippen molar-refractivity contribution in [3.63, 3.8) is 0 Å². The van der Waals surface area contributed by atoms with Gasteiger partial charge in [-0.15, -0.1) is 0 Å². The average Bonchev–Trinajstić information content (AvgIpc) is 3.49. The molecule has 0 bridgehead atoms. The second-order valence-corrected chi connectivity index (χ2v) is 19.5. The first-order valence-electron chi connectivity index (χ1n) is 26.9. The van der Waals surface area contributed by atoms with Crippen molar-refractivity contribution < 1.29 is 57.1 Å². The van der Waals surface area contributed by atoms with Gasteiger partial charge in [0.2, 0.25) is 11.8 Å². The van der Waals surface area contributed by atoms with Crippen molar-refractivity contribution in [1.29, 1.82) is 0 Å². The summed E-state index contributed by atoms with van der Waals surface area (Å²) in [4.78, 5) is 33.1. The van der Waals surface area contributed by atoms with E-state index in [0.29, 0.717) is 5.75 Å². The minimum Gasteiger partial charge on any atom is -0.448 e. The van der Waals surface area contributed by atoms with Gasteiger partial charge in [0.05, 0.1) is 58.5 Å². The molecule has 15 nitrogen and oxygen atoms in total. The predicted molar refractivity (Wildman–Crippen MR) is 310 cm³/mol. The van der Waals surface area contributed by atoms with Crippen LogP contribution in [0.5, 0.6) is 5.75 Å². The average molecular weight is 1120 g/mol. The van der Waals surface area contributed by atoms with Gasteiger partial charge in [0.15, 0.2) is 12.4 Å². The van der Waals surface area contributed by atoms with Gasteiger partial charge in [0.25, 0.3) is 0 Å². The second kappa shape index (κ2) is 32.6. The summed E-state index contributed by atoms with van der Waals surface area (Å²) in [6, 6.07) is 64.7. The summed E-state index contributed by atoms with van der Waals surface area (Å²) < 4.78 is 61.4. The Labute approximate surface area is 479 Å². The quantitative estimate of drug-likeness (QED) is 0.0249. The largest absolute Gasteiger partial charge is 0.448 e. The van der Waals surface area contributed by atoms with Gasteiger partial charge in [0.1, 0.15) is 48.9 Å². The molecule has 81 heavy (non-hydrogen) atoms. The standard InChI is InChI=1S/C65H69N3O12S/c1-47(69)67-56(38-66-76-44-54-34-20-8-21-35-54)60(73-41-51-28-14-5-15-29-51)62(58(46-72-40-50-26-12-4-13-27-50)79-65(81)77-55-36-22-9-23-37-55)80-64-59(68-48(2)70)63(75-43-53-32-18-7-19-33-53)61(74-42-52-30-16-6-17-31-52)57(78-64)45-71-39-49-24-10-3-11-25-49/h3-38,56-64H,39-46H2,1-2H3,(H,67,69)(H,68,70)/b66-38+/t56-,57+,58+,59+,60+,61+,62+,63+,64-/m0/s1. The first kappa shape index (κ1) is 59.5. The molecule has 1 aliphatic heterocycles. The van der Waals surface area contributed by atoms with Crippen molar-refractivity contribution in [3.8, 4) is 5.75 Å². The molecule has 1 saturated heterocycles. The first-order chi connectivity index (χ1) is 39.7. The molecule has 0 radical (unpaired) electrons. The molecule has 7 aromatic carbocycles. The van der Waals surface area contributed by atoms with Crippen LogP contribution in [0.3, 0.4) is 0 Å². The maximum absolute atomic E-state index is 13.7. The molecule has 1 fully saturated rings. The first-order valence-corrected chi connectivity index (χ1v) is 27.3. The van der Waals surface area contributed by atoms with E-state index in [1.54, 1.807) is 12.1 Å². The molecule has 7 aromatic rings. The van der Waals surface area contributed by atoms with Crippen molar-refractivity contribution in [2.75, 3.05) is 13.2 Å². The number of hydrogen-bond donors (Lipinski definition) is 2. The van der Waals surface area contributed by atoms with Gasteiger partial charge in [0, 0.05) is 26.1 Å². The van der Waals surface area contributed by atoms with E-state index in [1.807, 2.05) is 200 Å². The number of benzene rings is 7. The lowest BCUT2D eigenvalue weighted by Crippen LogP contribution is -2.68. The molecule has 2 N–H and O–H groups in total. The number of para-hydroxylation sites is 1. The molecule has 0 aliphatic carbocycles. The third kappa shape index (κ3) is 19.8. The van der Waals surface area contributed by atoms with Crippen LogP contribution in [-0.2, 0) is 92.0 Å². The van der Waals surface area contributed by atoms with Crippen LogP contribution in [0.25, 0.3) is 0 Å². The molecule has 8 rings (SSSR count). The number of amides is 2. The van der Waals surface area contributed by atoms with Crippen molar-refractivity contribution in [2.45, 2.75) is 108 Å². The summed E-state index contributed by atoms with van der Waals surface area (Å²) in [5.74, 6) is -0.412. The van der Waals surface area contributed by atoms with Crippen LogP contribution in [-0.4, -0.2) is 91.5 Å². The lowest BCUT2D eigenvalue weighted by atomic mass is 9.95. The fourth-order valence-corrected chi connectivity index (χ4v) is 9.29. The zero-order valence-corrected chi connectivity index (χ0v) is 46.2. The van der Waals surface area contributed by atoms with Gasteiger partial charge < -0.3 is 58.1 Å². The Kier molecular flexibility index (Phi) is 23.9. The lowest BCUT2D eigenvalue weighted by molar-refractivity contribution is -0.315.